The average molecular weight is 319 g/mol. The van der Waals surface area contributed by atoms with Crippen molar-refractivity contribution < 1.29 is 4.74 Å². The van der Waals surface area contributed by atoms with Crippen LogP contribution in [-0.2, 0) is 11.3 Å². The van der Waals surface area contributed by atoms with Gasteiger partial charge in [-0.3, -0.25) is 16.0 Å². The molecule has 0 aliphatic heterocycles. The van der Waals surface area contributed by atoms with Crippen molar-refractivity contribution in [2.45, 2.75) is 45.7 Å². The molecule has 0 spiro atoms. The van der Waals surface area contributed by atoms with Crippen LogP contribution < -0.4 is 11.3 Å². The fraction of sp³-hybridized carbons (Fsp3) is 0.750. The second-order valence-electron chi connectivity index (χ2n) is 4.16. The second kappa shape index (κ2) is 8.63. The molecule has 5 nitrogen and oxygen atoms in total. The Labute approximate surface area is 117 Å². The Balaban J connectivity index is 2.65. The molecule has 6 heteroatoms. The fourth-order valence-electron chi connectivity index (χ4n) is 1.94. The first kappa shape index (κ1) is 15.6. The van der Waals surface area contributed by atoms with E-state index >= 15 is 0 Å². The van der Waals surface area contributed by atoms with Crippen LogP contribution in [0.25, 0.3) is 0 Å². The Morgan fingerprint density at radius 3 is 2.94 bits per heavy atom. The van der Waals surface area contributed by atoms with Gasteiger partial charge in [0.15, 0.2) is 0 Å². The van der Waals surface area contributed by atoms with E-state index in [1.807, 2.05) is 17.8 Å². The van der Waals surface area contributed by atoms with Crippen LogP contribution in [0.3, 0.4) is 0 Å². The van der Waals surface area contributed by atoms with Crippen LogP contribution >= 0.6 is 15.9 Å². The molecule has 104 valence electrons. The first-order valence-corrected chi connectivity index (χ1v) is 7.28. The molecule has 1 rings (SSSR count). The zero-order chi connectivity index (χ0) is 13.4. The van der Waals surface area contributed by atoms with E-state index < -0.39 is 0 Å². The Bertz CT molecular complexity index is 343. The summed E-state index contributed by atoms with van der Waals surface area (Å²) in [5, 5.41) is 4.36. The minimum Gasteiger partial charge on any atom is -0.382 e. The third-order valence-corrected chi connectivity index (χ3v) is 3.40. The van der Waals surface area contributed by atoms with Crippen molar-refractivity contribution in [3.05, 3.63) is 16.4 Å². The van der Waals surface area contributed by atoms with Crippen LogP contribution in [0.15, 0.2) is 10.7 Å². The summed E-state index contributed by atoms with van der Waals surface area (Å²) < 4.78 is 8.37. The molecule has 0 bridgehead atoms. The van der Waals surface area contributed by atoms with E-state index in [-0.39, 0.29) is 6.04 Å². The number of ether oxygens (including phenoxy) is 1. The standard InChI is InChI=1S/C12H23BrN4O/c1-3-7-17-12(10(13)9-15-17)11(16-14)6-5-8-18-4-2/h9,11,16H,3-8,14H2,1-2H3. The van der Waals surface area contributed by atoms with Crippen molar-refractivity contribution in [3.63, 3.8) is 0 Å². The summed E-state index contributed by atoms with van der Waals surface area (Å²) in [4.78, 5) is 0. The van der Waals surface area contributed by atoms with Gasteiger partial charge in [-0.1, -0.05) is 6.92 Å². The monoisotopic (exact) mass is 318 g/mol. The van der Waals surface area contributed by atoms with E-state index in [2.05, 4.69) is 33.4 Å². The highest BCUT2D eigenvalue weighted by molar-refractivity contribution is 9.10. The summed E-state index contributed by atoms with van der Waals surface area (Å²) in [5.74, 6) is 5.66. The van der Waals surface area contributed by atoms with Gasteiger partial charge in [-0.25, -0.2) is 0 Å². The van der Waals surface area contributed by atoms with Crippen molar-refractivity contribution >= 4 is 15.9 Å². The maximum Gasteiger partial charge on any atom is 0.0709 e. The number of nitrogens with one attached hydrogen (secondary N) is 1. The SMILES string of the molecule is CCCn1ncc(Br)c1C(CCCOCC)NN. The summed E-state index contributed by atoms with van der Waals surface area (Å²) in [6.45, 7) is 6.59. The third-order valence-electron chi connectivity index (χ3n) is 2.79. The van der Waals surface area contributed by atoms with Gasteiger partial charge in [-0.15, -0.1) is 0 Å². The molecule has 0 saturated carbocycles. The molecule has 0 aromatic carbocycles. The zero-order valence-corrected chi connectivity index (χ0v) is 12.7. The lowest BCUT2D eigenvalue weighted by molar-refractivity contribution is 0.140. The van der Waals surface area contributed by atoms with Crippen LogP contribution in [0.5, 0.6) is 0 Å². The van der Waals surface area contributed by atoms with Crippen molar-refractivity contribution in [3.8, 4) is 0 Å². The molecule has 3 N–H and O–H groups in total. The maximum absolute atomic E-state index is 5.66. The second-order valence-corrected chi connectivity index (χ2v) is 5.01. The van der Waals surface area contributed by atoms with Gasteiger partial charge >= 0.3 is 0 Å². The van der Waals surface area contributed by atoms with Crippen LogP contribution in [0.1, 0.15) is 44.8 Å². The lowest BCUT2D eigenvalue weighted by atomic mass is 10.1. The Kier molecular flexibility index (Phi) is 7.50. The van der Waals surface area contributed by atoms with Crippen molar-refractivity contribution in [1.29, 1.82) is 0 Å². The first-order chi connectivity index (χ1) is 8.74. The van der Waals surface area contributed by atoms with E-state index in [9.17, 15) is 0 Å². The lowest BCUT2D eigenvalue weighted by Gasteiger charge is -2.18. The summed E-state index contributed by atoms with van der Waals surface area (Å²) >= 11 is 3.54. The quantitative estimate of drug-likeness (QED) is 0.417. The zero-order valence-electron chi connectivity index (χ0n) is 11.2. The molecule has 1 unspecified atom stereocenters. The Morgan fingerprint density at radius 2 is 2.33 bits per heavy atom. The predicted octanol–water partition coefficient (Wildman–Crippen LogP) is 2.38. The summed E-state index contributed by atoms with van der Waals surface area (Å²) in [6.07, 6.45) is 4.80. The molecule has 0 radical (unpaired) electrons. The smallest absolute Gasteiger partial charge is 0.0709 e. The lowest BCUT2D eigenvalue weighted by Crippen LogP contribution is -2.30. The largest absolute Gasteiger partial charge is 0.382 e. The number of halogens is 1. The topological polar surface area (TPSA) is 65.1 Å². The van der Waals surface area contributed by atoms with Gasteiger partial charge in [0, 0.05) is 19.8 Å². The predicted molar refractivity (Wildman–Crippen MR) is 76.0 cm³/mol. The van der Waals surface area contributed by atoms with E-state index in [0.29, 0.717) is 0 Å². The van der Waals surface area contributed by atoms with E-state index in [0.717, 1.165) is 49.2 Å². The average Bonchev–Trinajstić information content (AvgIpc) is 2.72. The highest BCUT2D eigenvalue weighted by atomic mass is 79.9. The number of aromatic nitrogens is 2. The normalized spacial score (nSPS) is 12.9. The Hall–Kier alpha value is -0.430. The molecule has 0 saturated heterocycles. The number of hydrazine groups is 1. The molecule has 1 heterocycles. The molecule has 1 atom stereocenters. The Morgan fingerprint density at radius 1 is 1.56 bits per heavy atom. The first-order valence-electron chi connectivity index (χ1n) is 6.49. The third kappa shape index (κ3) is 4.35. The highest BCUT2D eigenvalue weighted by Gasteiger charge is 2.18. The number of hydrogen-bond donors (Lipinski definition) is 2. The van der Waals surface area contributed by atoms with E-state index in [4.69, 9.17) is 10.6 Å². The molecule has 0 fully saturated rings. The number of nitrogens with two attached hydrogens (primary N) is 1. The summed E-state index contributed by atoms with van der Waals surface area (Å²) in [6, 6.07) is 0.105. The minimum absolute atomic E-state index is 0.105. The van der Waals surface area contributed by atoms with Crippen molar-refractivity contribution in [1.82, 2.24) is 15.2 Å². The molecular weight excluding hydrogens is 296 g/mol. The number of rotatable bonds is 9. The maximum atomic E-state index is 5.66. The molecule has 18 heavy (non-hydrogen) atoms. The summed E-state index contributed by atoms with van der Waals surface area (Å²) in [5.41, 5.74) is 4.00. The van der Waals surface area contributed by atoms with Gasteiger partial charge in [-0.2, -0.15) is 5.10 Å². The van der Waals surface area contributed by atoms with Gasteiger partial charge in [-0.05, 0) is 42.1 Å². The van der Waals surface area contributed by atoms with Gasteiger partial charge in [0.25, 0.3) is 0 Å². The van der Waals surface area contributed by atoms with E-state index in [1.165, 1.54) is 0 Å². The van der Waals surface area contributed by atoms with Crippen LogP contribution in [0.4, 0.5) is 0 Å². The fourth-order valence-corrected chi connectivity index (χ4v) is 2.51. The van der Waals surface area contributed by atoms with Crippen molar-refractivity contribution in [2.75, 3.05) is 13.2 Å². The minimum atomic E-state index is 0.105. The van der Waals surface area contributed by atoms with Crippen LogP contribution in [-0.4, -0.2) is 23.0 Å². The number of hydrogen-bond acceptors (Lipinski definition) is 4. The number of nitrogens with zero attached hydrogens (tertiary/aromatic N) is 2. The molecule has 1 aromatic heterocycles. The number of aryl methyl sites for hydroxylation is 1. The van der Waals surface area contributed by atoms with Crippen molar-refractivity contribution in [2.24, 2.45) is 5.84 Å². The van der Waals surface area contributed by atoms with E-state index in [1.54, 1.807) is 0 Å². The van der Waals surface area contributed by atoms with Gasteiger partial charge in [0.1, 0.15) is 0 Å². The van der Waals surface area contributed by atoms with Crippen LogP contribution in [0.2, 0.25) is 0 Å². The molecule has 0 amide bonds. The molecule has 1 aromatic rings. The highest BCUT2D eigenvalue weighted by Crippen LogP contribution is 2.26. The van der Waals surface area contributed by atoms with Gasteiger partial charge in [0.2, 0.25) is 0 Å². The van der Waals surface area contributed by atoms with Gasteiger partial charge < -0.3 is 4.74 Å². The molecular formula is C12H23BrN4O. The summed E-state index contributed by atoms with van der Waals surface area (Å²) in [7, 11) is 0. The molecule has 0 aliphatic rings. The molecule has 0 aliphatic carbocycles. The van der Waals surface area contributed by atoms with Gasteiger partial charge in [0.05, 0.1) is 22.4 Å². The van der Waals surface area contributed by atoms with Crippen LogP contribution in [0, 0.1) is 0 Å².